The van der Waals surface area contributed by atoms with Gasteiger partial charge in [-0.05, 0) is 18.2 Å². The van der Waals surface area contributed by atoms with E-state index in [9.17, 15) is 5.21 Å². The predicted octanol–water partition coefficient (Wildman–Crippen LogP) is 2.61. The van der Waals surface area contributed by atoms with Crippen LogP contribution in [-0.2, 0) is 0 Å². The molecule has 1 aromatic heterocycles. The summed E-state index contributed by atoms with van der Waals surface area (Å²) in [5.74, 6) is 0.537. The van der Waals surface area contributed by atoms with Crippen molar-refractivity contribution in [2.75, 3.05) is 5.32 Å². The number of fused-ring (bicyclic) bond motifs is 1. The van der Waals surface area contributed by atoms with E-state index in [0.29, 0.717) is 16.9 Å². The number of nitrogens with one attached hydrogen (secondary N) is 1. The zero-order chi connectivity index (χ0) is 12.4. The Morgan fingerprint density at radius 1 is 0.944 bits per heavy atom. The van der Waals surface area contributed by atoms with Crippen LogP contribution in [0.15, 0.2) is 60.8 Å². The number of aromatic nitrogens is 2. The fourth-order valence-electron chi connectivity index (χ4n) is 1.81. The van der Waals surface area contributed by atoms with Gasteiger partial charge in [0.05, 0.1) is 0 Å². The summed E-state index contributed by atoms with van der Waals surface area (Å²) in [5.41, 5.74) is 2.14. The van der Waals surface area contributed by atoms with Gasteiger partial charge < -0.3 is 10.5 Å². The van der Waals surface area contributed by atoms with Crippen LogP contribution < -0.4 is 10.0 Å². The lowest BCUT2D eigenvalue weighted by Crippen LogP contribution is -2.27. The Balaban J connectivity index is 2.03. The van der Waals surface area contributed by atoms with Crippen LogP contribution in [0.5, 0.6) is 0 Å². The smallest absolute Gasteiger partial charge is 0.242 e. The minimum Gasteiger partial charge on any atom is -0.618 e. The van der Waals surface area contributed by atoms with Gasteiger partial charge in [0, 0.05) is 11.8 Å². The van der Waals surface area contributed by atoms with Gasteiger partial charge in [0.2, 0.25) is 11.7 Å². The second-order valence-electron chi connectivity index (χ2n) is 3.93. The summed E-state index contributed by atoms with van der Waals surface area (Å²) in [4.78, 5) is 4.40. The van der Waals surface area contributed by atoms with Crippen molar-refractivity contribution < 1.29 is 4.73 Å². The number of para-hydroxylation sites is 3. The highest BCUT2D eigenvalue weighted by Gasteiger charge is 2.07. The van der Waals surface area contributed by atoms with Crippen LogP contribution in [0.2, 0.25) is 0 Å². The molecule has 0 saturated carbocycles. The van der Waals surface area contributed by atoms with Gasteiger partial charge in [-0.1, -0.05) is 30.3 Å². The van der Waals surface area contributed by atoms with E-state index in [1.807, 2.05) is 48.5 Å². The van der Waals surface area contributed by atoms with Crippen molar-refractivity contribution in [2.45, 2.75) is 0 Å². The maximum atomic E-state index is 11.8. The van der Waals surface area contributed by atoms with Gasteiger partial charge in [-0.15, -0.1) is 0 Å². The molecule has 0 amide bonds. The van der Waals surface area contributed by atoms with E-state index >= 15 is 0 Å². The van der Waals surface area contributed by atoms with E-state index in [-0.39, 0.29) is 0 Å². The van der Waals surface area contributed by atoms with Crippen LogP contribution in [0, 0.1) is 5.21 Å². The van der Waals surface area contributed by atoms with Gasteiger partial charge in [0.1, 0.15) is 5.52 Å². The van der Waals surface area contributed by atoms with Crippen LogP contribution in [0.25, 0.3) is 11.0 Å². The van der Waals surface area contributed by atoms with Crippen LogP contribution in [0.1, 0.15) is 0 Å². The highest BCUT2D eigenvalue weighted by Crippen LogP contribution is 2.15. The number of hydrogen-bond donors (Lipinski definition) is 1. The van der Waals surface area contributed by atoms with Crippen molar-refractivity contribution in [1.82, 2.24) is 4.98 Å². The van der Waals surface area contributed by atoms with Gasteiger partial charge in [-0.25, -0.2) is 4.98 Å². The van der Waals surface area contributed by atoms with Crippen LogP contribution in [0.4, 0.5) is 11.5 Å². The molecule has 4 heteroatoms. The summed E-state index contributed by atoms with van der Waals surface area (Å²) in [5, 5.41) is 14.9. The average molecular weight is 237 g/mol. The van der Waals surface area contributed by atoms with Crippen molar-refractivity contribution in [3.63, 3.8) is 0 Å². The van der Waals surface area contributed by atoms with Gasteiger partial charge in [0.15, 0.2) is 5.82 Å². The molecule has 18 heavy (non-hydrogen) atoms. The molecule has 0 unspecified atom stereocenters. The molecule has 0 bridgehead atoms. The van der Waals surface area contributed by atoms with E-state index in [0.717, 1.165) is 10.4 Å². The Hall–Kier alpha value is -2.62. The molecular weight excluding hydrogens is 226 g/mol. The third-order valence-electron chi connectivity index (χ3n) is 2.65. The van der Waals surface area contributed by atoms with Crippen LogP contribution in [0.3, 0.4) is 0 Å². The molecule has 2 aromatic carbocycles. The molecule has 0 radical (unpaired) electrons. The Labute approximate surface area is 104 Å². The molecule has 3 rings (SSSR count). The molecule has 0 aliphatic carbocycles. The maximum absolute atomic E-state index is 11.8. The lowest BCUT2D eigenvalue weighted by atomic mass is 10.3. The molecule has 1 N–H and O–H groups in total. The molecule has 0 spiro atoms. The summed E-state index contributed by atoms with van der Waals surface area (Å²) < 4.78 is 0.827. The minimum atomic E-state index is 0.537. The SMILES string of the molecule is [O-][n+]1cc(Nc2ccccc2)nc2ccccc21. The topological polar surface area (TPSA) is 51.9 Å². The zero-order valence-electron chi connectivity index (χ0n) is 9.58. The molecule has 88 valence electrons. The van der Waals surface area contributed by atoms with Crippen LogP contribution >= 0.6 is 0 Å². The van der Waals surface area contributed by atoms with Crippen molar-refractivity contribution >= 4 is 22.5 Å². The predicted molar refractivity (Wildman–Crippen MR) is 70.4 cm³/mol. The van der Waals surface area contributed by atoms with Crippen molar-refractivity contribution in [1.29, 1.82) is 0 Å². The number of anilines is 2. The normalized spacial score (nSPS) is 10.4. The Morgan fingerprint density at radius 2 is 1.67 bits per heavy atom. The number of rotatable bonds is 2. The second-order valence-corrected chi connectivity index (χ2v) is 3.93. The molecule has 0 saturated heterocycles. The summed E-state index contributed by atoms with van der Waals surface area (Å²) in [6, 6.07) is 16.9. The first-order valence-electron chi connectivity index (χ1n) is 5.64. The Bertz CT molecular complexity index is 683. The van der Waals surface area contributed by atoms with Gasteiger partial charge in [-0.2, -0.15) is 4.73 Å². The monoisotopic (exact) mass is 237 g/mol. The summed E-state index contributed by atoms with van der Waals surface area (Å²) in [7, 11) is 0. The molecule has 3 aromatic rings. The minimum absolute atomic E-state index is 0.537. The fourth-order valence-corrected chi connectivity index (χ4v) is 1.81. The maximum Gasteiger partial charge on any atom is 0.242 e. The highest BCUT2D eigenvalue weighted by molar-refractivity contribution is 5.72. The molecule has 0 atom stereocenters. The standard InChI is InChI=1S/C14H11N3O/c18-17-10-14(15-11-6-2-1-3-7-11)16-12-8-4-5-9-13(12)17/h1-10H,(H,15,16). The first kappa shape index (κ1) is 10.5. The Kier molecular flexibility index (Phi) is 2.53. The lowest BCUT2D eigenvalue weighted by molar-refractivity contribution is -0.576. The molecule has 0 aliphatic heterocycles. The van der Waals surface area contributed by atoms with Gasteiger partial charge in [0.25, 0.3) is 0 Å². The third-order valence-corrected chi connectivity index (χ3v) is 2.65. The van der Waals surface area contributed by atoms with E-state index in [1.54, 1.807) is 6.07 Å². The van der Waals surface area contributed by atoms with E-state index < -0.39 is 0 Å². The largest absolute Gasteiger partial charge is 0.618 e. The molecule has 1 heterocycles. The van der Waals surface area contributed by atoms with Crippen LogP contribution in [-0.4, -0.2) is 4.98 Å². The van der Waals surface area contributed by atoms with Crippen molar-refractivity contribution in [3.8, 4) is 0 Å². The van der Waals surface area contributed by atoms with E-state index in [1.165, 1.54) is 6.20 Å². The van der Waals surface area contributed by atoms with E-state index in [4.69, 9.17) is 0 Å². The number of nitrogens with zero attached hydrogens (tertiary/aromatic N) is 2. The summed E-state index contributed by atoms with van der Waals surface area (Å²) in [6.45, 7) is 0. The highest BCUT2D eigenvalue weighted by atomic mass is 16.5. The molecule has 0 aliphatic rings. The van der Waals surface area contributed by atoms with Crippen molar-refractivity contribution in [2.24, 2.45) is 0 Å². The average Bonchev–Trinajstić information content (AvgIpc) is 2.40. The van der Waals surface area contributed by atoms with E-state index in [2.05, 4.69) is 10.3 Å². The summed E-state index contributed by atoms with van der Waals surface area (Å²) >= 11 is 0. The number of hydrogen-bond acceptors (Lipinski definition) is 3. The lowest BCUT2D eigenvalue weighted by Gasteiger charge is -2.06. The molecule has 4 nitrogen and oxygen atoms in total. The Morgan fingerprint density at radius 3 is 2.50 bits per heavy atom. The van der Waals surface area contributed by atoms with Crippen molar-refractivity contribution in [3.05, 3.63) is 66.0 Å². The molecule has 0 fully saturated rings. The first-order valence-corrected chi connectivity index (χ1v) is 5.64. The zero-order valence-corrected chi connectivity index (χ0v) is 9.58. The molecular formula is C14H11N3O. The third kappa shape index (κ3) is 1.96. The van der Waals surface area contributed by atoms with Gasteiger partial charge >= 0.3 is 0 Å². The summed E-state index contributed by atoms with van der Waals surface area (Å²) in [6.07, 6.45) is 1.44. The van der Waals surface area contributed by atoms with Gasteiger partial charge in [-0.3, -0.25) is 0 Å². The fraction of sp³-hybridized carbons (Fsp3) is 0. The first-order chi connectivity index (χ1) is 8.83. The number of benzene rings is 2. The second kappa shape index (κ2) is 4.33. The quantitative estimate of drug-likeness (QED) is 0.550.